The summed E-state index contributed by atoms with van der Waals surface area (Å²) in [4.78, 5) is 0. The van der Waals surface area contributed by atoms with Crippen molar-refractivity contribution in [2.45, 2.75) is 0 Å². The van der Waals surface area contributed by atoms with Gasteiger partial charge in [0, 0.05) is 27.1 Å². The van der Waals surface area contributed by atoms with Gasteiger partial charge >= 0.3 is 0 Å². The van der Waals surface area contributed by atoms with Crippen LogP contribution in [0.25, 0.3) is 99.2 Å². The molecule has 0 saturated carbocycles. The maximum absolute atomic E-state index is 6.44. The van der Waals surface area contributed by atoms with Crippen LogP contribution < -0.4 is 0 Å². The Balaban J connectivity index is 1.23. The van der Waals surface area contributed by atoms with Crippen molar-refractivity contribution in [2.24, 2.45) is 0 Å². The number of para-hydroxylation sites is 2. The number of hydrogen-bond donors (Lipinski definition) is 0. The standard InChI is InChI=1S/C40H22O2/c1-2-9-26-25(8-1)29-12-5-11-28-24(19-20-31(26)38(28)29)23-18-21-36-34(22-23)39-30(13-7-17-37(39)41-36)33-15-6-14-32-27-10-3-4-16-35(27)42-40(32)33/h1-22H. The maximum Gasteiger partial charge on any atom is 0.143 e. The highest BCUT2D eigenvalue weighted by Crippen LogP contribution is 2.50. The van der Waals surface area contributed by atoms with E-state index >= 15 is 0 Å². The van der Waals surface area contributed by atoms with E-state index in [9.17, 15) is 0 Å². The van der Waals surface area contributed by atoms with Crippen molar-refractivity contribution in [3.05, 3.63) is 133 Å². The number of furan rings is 2. The van der Waals surface area contributed by atoms with Crippen LogP contribution in [0.5, 0.6) is 0 Å². The van der Waals surface area contributed by atoms with Crippen LogP contribution in [0.4, 0.5) is 0 Å². The molecule has 0 atom stereocenters. The molecule has 10 rings (SSSR count). The molecule has 0 aliphatic heterocycles. The summed E-state index contributed by atoms with van der Waals surface area (Å²) in [6.07, 6.45) is 0. The fourth-order valence-corrected chi connectivity index (χ4v) is 7.24. The first kappa shape index (κ1) is 22.1. The van der Waals surface area contributed by atoms with Crippen LogP contribution in [0.2, 0.25) is 0 Å². The van der Waals surface area contributed by atoms with Crippen molar-refractivity contribution in [3.63, 3.8) is 0 Å². The lowest BCUT2D eigenvalue weighted by molar-refractivity contribution is 0.668. The maximum atomic E-state index is 6.44. The highest BCUT2D eigenvalue weighted by Gasteiger charge is 2.23. The quantitative estimate of drug-likeness (QED) is 0.220. The van der Waals surface area contributed by atoms with Gasteiger partial charge in [0.1, 0.15) is 22.3 Å². The fraction of sp³-hybridized carbons (Fsp3) is 0. The van der Waals surface area contributed by atoms with Gasteiger partial charge in [0.25, 0.3) is 0 Å². The Morgan fingerprint density at radius 1 is 0.310 bits per heavy atom. The van der Waals surface area contributed by atoms with E-state index in [-0.39, 0.29) is 0 Å². The predicted octanol–water partition coefficient (Wildman–Crippen LogP) is 11.6. The normalized spacial score (nSPS) is 12.3. The predicted molar refractivity (Wildman–Crippen MR) is 174 cm³/mol. The molecule has 7 aromatic carbocycles. The monoisotopic (exact) mass is 534 g/mol. The van der Waals surface area contributed by atoms with E-state index in [2.05, 4.69) is 121 Å². The molecule has 1 aliphatic carbocycles. The molecule has 2 nitrogen and oxygen atoms in total. The van der Waals surface area contributed by atoms with Gasteiger partial charge < -0.3 is 8.83 Å². The molecule has 0 spiro atoms. The van der Waals surface area contributed by atoms with E-state index in [1.165, 1.54) is 44.2 Å². The summed E-state index contributed by atoms with van der Waals surface area (Å²) < 4.78 is 12.9. The van der Waals surface area contributed by atoms with Crippen molar-refractivity contribution >= 4 is 54.6 Å². The average molecular weight is 535 g/mol. The van der Waals surface area contributed by atoms with E-state index < -0.39 is 0 Å². The molecular formula is C40H22O2. The first-order valence-corrected chi connectivity index (χ1v) is 14.4. The molecule has 194 valence electrons. The van der Waals surface area contributed by atoms with Crippen molar-refractivity contribution < 1.29 is 8.83 Å². The third kappa shape index (κ3) is 2.83. The molecule has 0 saturated heterocycles. The van der Waals surface area contributed by atoms with Crippen LogP contribution in [0.3, 0.4) is 0 Å². The largest absolute Gasteiger partial charge is 0.456 e. The van der Waals surface area contributed by atoms with Gasteiger partial charge in [-0.1, -0.05) is 109 Å². The van der Waals surface area contributed by atoms with E-state index in [0.717, 1.165) is 55.0 Å². The lowest BCUT2D eigenvalue weighted by atomic mass is 9.92. The van der Waals surface area contributed by atoms with Gasteiger partial charge in [-0.25, -0.2) is 0 Å². The van der Waals surface area contributed by atoms with Gasteiger partial charge in [-0.15, -0.1) is 0 Å². The van der Waals surface area contributed by atoms with Crippen molar-refractivity contribution in [2.75, 3.05) is 0 Å². The minimum Gasteiger partial charge on any atom is -0.456 e. The zero-order chi connectivity index (χ0) is 27.4. The SMILES string of the molecule is c1ccc2c(c1)-c1cccc3c(-c4ccc5oc6cccc(-c7cccc8c7oc7ccccc78)c6c5c4)ccc-2c13. The molecule has 2 aromatic heterocycles. The Labute approximate surface area is 241 Å². The minimum absolute atomic E-state index is 0.878. The summed E-state index contributed by atoms with van der Waals surface area (Å²) in [6.45, 7) is 0. The van der Waals surface area contributed by atoms with Crippen LogP contribution in [0, 0.1) is 0 Å². The van der Waals surface area contributed by atoms with Crippen LogP contribution in [0.15, 0.2) is 142 Å². The molecule has 0 bridgehead atoms. The minimum atomic E-state index is 0.878. The van der Waals surface area contributed by atoms with Gasteiger partial charge in [-0.2, -0.15) is 0 Å². The van der Waals surface area contributed by atoms with Gasteiger partial charge in [-0.05, 0) is 74.0 Å². The molecule has 1 aliphatic rings. The molecular weight excluding hydrogens is 512 g/mol. The third-order valence-electron chi connectivity index (χ3n) is 9.05. The molecule has 2 heteroatoms. The first-order valence-electron chi connectivity index (χ1n) is 14.4. The van der Waals surface area contributed by atoms with Gasteiger partial charge in [0.05, 0.1) is 0 Å². The second kappa shape index (κ2) is 7.99. The van der Waals surface area contributed by atoms with Crippen molar-refractivity contribution in [1.29, 1.82) is 0 Å². The first-order chi connectivity index (χ1) is 20.8. The smallest absolute Gasteiger partial charge is 0.143 e. The Bertz CT molecular complexity index is 2550. The van der Waals surface area contributed by atoms with Crippen LogP contribution in [-0.4, -0.2) is 0 Å². The van der Waals surface area contributed by atoms with E-state index in [1.807, 2.05) is 12.1 Å². The second-order valence-electron chi connectivity index (χ2n) is 11.2. The third-order valence-corrected chi connectivity index (χ3v) is 9.05. The number of benzene rings is 7. The average Bonchev–Trinajstić information content (AvgIpc) is 3.72. The van der Waals surface area contributed by atoms with Gasteiger partial charge in [-0.3, -0.25) is 0 Å². The summed E-state index contributed by atoms with van der Waals surface area (Å²) in [5.74, 6) is 0. The number of rotatable bonds is 2. The summed E-state index contributed by atoms with van der Waals surface area (Å²) in [6, 6.07) is 47.6. The zero-order valence-electron chi connectivity index (χ0n) is 22.5. The van der Waals surface area contributed by atoms with Crippen LogP contribution in [-0.2, 0) is 0 Å². The Hall–Kier alpha value is -5.60. The topological polar surface area (TPSA) is 26.3 Å². The van der Waals surface area contributed by atoms with Crippen LogP contribution >= 0.6 is 0 Å². The molecule has 2 heterocycles. The number of fused-ring (bicyclic) bond motifs is 9. The molecule has 42 heavy (non-hydrogen) atoms. The molecule has 0 unspecified atom stereocenters. The van der Waals surface area contributed by atoms with Crippen LogP contribution in [0.1, 0.15) is 0 Å². The molecule has 0 amide bonds. The highest BCUT2D eigenvalue weighted by atomic mass is 16.3. The van der Waals surface area contributed by atoms with E-state index in [0.29, 0.717) is 0 Å². The zero-order valence-corrected chi connectivity index (χ0v) is 22.5. The lowest BCUT2D eigenvalue weighted by Gasteiger charge is -2.10. The summed E-state index contributed by atoms with van der Waals surface area (Å²) >= 11 is 0. The van der Waals surface area contributed by atoms with Crippen molar-refractivity contribution in [1.82, 2.24) is 0 Å². The Morgan fingerprint density at radius 3 is 1.79 bits per heavy atom. The molecule has 0 fully saturated rings. The lowest BCUT2D eigenvalue weighted by Crippen LogP contribution is -1.84. The summed E-state index contributed by atoms with van der Waals surface area (Å²) in [5, 5.41) is 7.10. The molecule has 0 radical (unpaired) electrons. The Morgan fingerprint density at radius 2 is 0.905 bits per heavy atom. The van der Waals surface area contributed by atoms with Gasteiger partial charge in [0.15, 0.2) is 0 Å². The Kier molecular flexibility index (Phi) is 4.21. The summed E-state index contributed by atoms with van der Waals surface area (Å²) in [7, 11) is 0. The highest BCUT2D eigenvalue weighted by molar-refractivity contribution is 6.20. The molecule has 9 aromatic rings. The van der Waals surface area contributed by atoms with E-state index in [4.69, 9.17) is 8.83 Å². The van der Waals surface area contributed by atoms with Crippen molar-refractivity contribution in [3.8, 4) is 44.5 Å². The fourth-order valence-electron chi connectivity index (χ4n) is 7.24. The summed E-state index contributed by atoms with van der Waals surface area (Å²) in [5.41, 5.74) is 13.4. The van der Waals surface area contributed by atoms with E-state index in [1.54, 1.807) is 0 Å². The number of hydrogen-bond acceptors (Lipinski definition) is 2. The second-order valence-corrected chi connectivity index (χ2v) is 11.2. The van der Waals surface area contributed by atoms with Gasteiger partial charge in [0.2, 0.25) is 0 Å². The molecule has 0 N–H and O–H groups in total.